The Labute approximate surface area is 105 Å². The van der Waals surface area contributed by atoms with Crippen LogP contribution >= 0.6 is 0 Å². The Balaban J connectivity index is 2.00. The fraction of sp³-hybridized carbons (Fsp3) is 1.00. The Hall–Kier alpha value is -0.160. The minimum Gasteiger partial charge on any atom is -0.381 e. The molecule has 17 heavy (non-hydrogen) atoms. The highest BCUT2D eigenvalue weighted by Gasteiger charge is 2.44. The molecule has 0 bridgehead atoms. The van der Waals surface area contributed by atoms with Gasteiger partial charge < -0.3 is 15.4 Å². The molecule has 2 rings (SSSR count). The van der Waals surface area contributed by atoms with Gasteiger partial charge in [-0.2, -0.15) is 0 Å². The van der Waals surface area contributed by atoms with Crippen molar-refractivity contribution < 1.29 is 4.74 Å². The van der Waals surface area contributed by atoms with Gasteiger partial charge in [0.2, 0.25) is 0 Å². The highest BCUT2D eigenvalue weighted by molar-refractivity contribution is 5.03. The zero-order chi connectivity index (χ0) is 12.5. The molecule has 2 atom stereocenters. The molecule has 4 nitrogen and oxygen atoms in total. The Kier molecular flexibility index (Phi) is 4.08. The molecule has 2 aliphatic heterocycles. The smallest absolute Gasteiger partial charge is 0.0595 e. The van der Waals surface area contributed by atoms with Gasteiger partial charge in [0.25, 0.3) is 0 Å². The Bertz CT molecular complexity index is 241. The first-order valence-corrected chi connectivity index (χ1v) is 6.79. The molecule has 2 unspecified atom stereocenters. The maximum absolute atomic E-state index is 6.09. The van der Waals surface area contributed by atoms with Gasteiger partial charge in [0.15, 0.2) is 0 Å². The van der Waals surface area contributed by atoms with Gasteiger partial charge in [-0.1, -0.05) is 0 Å². The SMILES string of the molecule is COC1CCN(C2(CN)CC(C)N(C)C2)CC1. The minimum absolute atomic E-state index is 0.215. The summed E-state index contributed by atoms with van der Waals surface area (Å²) >= 11 is 0. The first-order valence-electron chi connectivity index (χ1n) is 6.79. The standard InChI is InChI=1S/C13H27N3O/c1-11-8-13(9-14,10-15(11)2)16-6-4-12(17-3)5-7-16/h11-12H,4-10,14H2,1-3H3. The molecule has 0 radical (unpaired) electrons. The van der Waals surface area contributed by atoms with Crippen LogP contribution < -0.4 is 5.73 Å². The van der Waals surface area contributed by atoms with E-state index in [1.165, 1.54) is 6.42 Å². The molecule has 0 aromatic rings. The van der Waals surface area contributed by atoms with Crippen molar-refractivity contribution in [3.63, 3.8) is 0 Å². The third-order valence-corrected chi connectivity index (χ3v) is 4.80. The molecule has 0 aliphatic carbocycles. The summed E-state index contributed by atoms with van der Waals surface area (Å²) in [6, 6.07) is 0.652. The maximum atomic E-state index is 6.09. The molecule has 2 aliphatic rings. The second-order valence-electron chi connectivity index (χ2n) is 5.82. The number of likely N-dealkylation sites (N-methyl/N-ethyl adjacent to an activating group) is 1. The molecular formula is C13H27N3O. The van der Waals surface area contributed by atoms with E-state index in [1.54, 1.807) is 0 Å². The molecule has 2 N–H and O–H groups in total. The van der Waals surface area contributed by atoms with Crippen LogP contribution in [-0.2, 0) is 4.74 Å². The molecule has 2 fully saturated rings. The monoisotopic (exact) mass is 241 g/mol. The molecule has 4 heteroatoms. The molecule has 0 aromatic carbocycles. The summed E-state index contributed by atoms with van der Waals surface area (Å²) < 4.78 is 5.44. The Morgan fingerprint density at radius 1 is 1.35 bits per heavy atom. The summed E-state index contributed by atoms with van der Waals surface area (Å²) in [5, 5.41) is 0. The molecule has 100 valence electrons. The quantitative estimate of drug-likeness (QED) is 0.782. The van der Waals surface area contributed by atoms with Gasteiger partial charge in [0.05, 0.1) is 6.10 Å². The van der Waals surface area contributed by atoms with Crippen LogP contribution in [0.1, 0.15) is 26.2 Å². The van der Waals surface area contributed by atoms with E-state index in [0.717, 1.165) is 39.0 Å². The molecule has 0 amide bonds. The Morgan fingerprint density at radius 2 is 2.00 bits per heavy atom. The lowest BCUT2D eigenvalue weighted by atomic mass is 9.91. The van der Waals surface area contributed by atoms with Gasteiger partial charge >= 0.3 is 0 Å². The van der Waals surface area contributed by atoms with Gasteiger partial charge in [-0.05, 0) is 33.2 Å². The largest absolute Gasteiger partial charge is 0.381 e. The van der Waals surface area contributed by atoms with Crippen LogP contribution in [0.15, 0.2) is 0 Å². The van der Waals surface area contributed by atoms with Crippen LogP contribution in [0, 0.1) is 0 Å². The van der Waals surface area contributed by atoms with Gasteiger partial charge in [-0.3, -0.25) is 4.90 Å². The van der Waals surface area contributed by atoms with E-state index < -0.39 is 0 Å². The summed E-state index contributed by atoms with van der Waals surface area (Å²) in [4.78, 5) is 5.05. The lowest BCUT2D eigenvalue weighted by Crippen LogP contribution is -2.58. The number of hydrogen-bond acceptors (Lipinski definition) is 4. The molecule has 2 saturated heterocycles. The van der Waals surface area contributed by atoms with Crippen molar-refractivity contribution in [2.24, 2.45) is 5.73 Å². The summed E-state index contributed by atoms with van der Waals surface area (Å²) in [6.07, 6.45) is 3.96. The number of nitrogens with two attached hydrogens (primary N) is 1. The highest BCUT2D eigenvalue weighted by Crippen LogP contribution is 2.33. The maximum Gasteiger partial charge on any atom is 0.0595 e. The van der Waals surface area contributed by atoms with Crippen LogP contribution in [0.4, 0.5) is 0 Å². The van der Waals surface area contributed by atoms with E-state index in [9.17, 15) is 0 Å². The van der Waals surface area contributed by atoms with Gasteiger partial charge in [-0.15, -0.1) is 0 Å². The minimum atomic E-state index is 0.215. The van der Waals surface area contributed by atoms with E-state index in [4.69, 9.17) is 10.5 Å². The van der Waals surface area contributed by atoms with Gasteiger partial charge in [0, 0.05) is 44.9 Å². The summed E-state index contributed by atoms with van der Waals surface area (Å²) in [7, 11) is 4.04. The van der Waals surface area contributed by atoms with Crippen LogP contribution in [0.5, 0.6) is 0 Å². The van der Waals surface area contributed by atoms with Crippen molar-refractivity contribution in [2.75, 3.05) is 40.3 Å². The van der Waals surface area contributed by atoms with E-state index in [-0.39, 0.29) is 5.54 Å². The average molecular weight is 241 g/mol. The number of piperidine rings is 1. The van der Waals surface area contributed by atoms with Crippen LogP contribution in [-0.4, -0.2) is 67.8 Å². The van der Waals surface area contributed by atoms with Crippen molar-refractivity contribution in [3.05, 3.63) is 0 Å². The third kappa shape index (κ3) is 2.50. The second-order valence-corrected chi connectivity index (χ2v) is 5.82. The summed E-state index contributed by atoms with van der Waals surface area (Å²) in [5.41, 5.74) is 6.31. The molecule has 0 saturated carbocycles. The van der Waals surface area contributed by atoms with E-state index in [1.807, 2.05) is 7.11 Å². The molecule has 0 aromatic heterocycles. The van der Waals surface area contributed by atoms with Crippen molar-refractivity contribution in [1.82, 2.24) is 9.80 Å². The molecule has 2 heterocycles. The predicted octanol–water partition coefficient (Wildman–Crippen LogP) is 0.519. The normalized spacial score (nSPS) is 37.8. The van der Waals surface area contributed by atoms with E-state index in [0.29, 0.717) is 12.1 Å². The van der Waals surface area contributed by atoms with Gasteiger partial charge in [0.1, 0.15) is 0 Å². The van der Waals surface area contributed by atoms with Crippen molar-refractivity contribution in [2.45, 2.75) is 43.9 Å². The van der Waals surface area contributed by atoms with Crippen molar-refractivity contribution in [1.29, 1.82) is 0 Å². The number of ether oxygens (including phenoxy) is 1. The van der Waals surface area contributed by atoms with Crippen LogP contribution in [0.2, 0.25) is 0 Å². The fourth-order valence-corrected chi connectivity index (χ4v) is 3.46. The molecular weight excluding hydrogens is 214 g/mol. The first-order chi connectivity index (χ1) is 8.11. The number of rotatable bonds is 3. The van der Waals surface area contributed by atoms with Crippen molar-refractivity contribution >= 4 is 0 Å². The van der Waals surface area contributed by atoms with E-state index in [2.05, 4.69) is 23.8 Å². The lowest BCUT2D eigenvalue weighted by Gasteiger charge is -2.44. The zero-order valence-corrected chi connectivity index (χ0v) is 11.5. The van der Waals surface area contributed by atoms with Gasteiger partial charge in [-0.25, -0.2) is 0 Å². The Morgan fingerprint density at radius 3 is 2.41 bits per heavy atom. The highest BCUT2D eigenvalue weighted by atomic mass is 16.5. The summed E-state index contributed by atoms with van der Waals surface area (Å²) in [5.74, 6) is 0. The first kappa shape index (κ1) is 13.3. The third-order valence-electron chi connectivity index (χ3n) is 4.80. The number of likely N-dealkylation sites (tertiary alicyclic amines) is 2. The number of nitrogens with zero attached hydrogens (tertiary/aromatic N) is 2. The zero-order valence-electron chi connectivity index (χ0n) is 11.5. The topological polar surface area (TPSA) is 41.7 Å². The fourth-order valence-electron chi connectivity index (χ4n) is 3.46. The number of methoxy groups -OCH3 is 1. The van der Waals surface area contributed by atoms with E-state index >= 15 is 0 Å². The van der Waals surface area contributed by atoms with Crippen LogP contribution in [0.25, 0.3) is 0 Å². The lowest BCUT2D eigenvalue weighted by molar-refractivity contribution is 0.00130. The average Bonchev–Trinajstić information content (AvgIpc) is 2.66. The van der Waals surface area contributed by atoms with Crippen LogP contribution in [0.3, 0.4) is 0 Å². The second kappa shape index (κ2) is 5.22. The van der Waals surface area contributed by atoms with Crippen molar-refractivity contribution in [3.8, 4) is 0 Å². The number of hydrogen-bond donors (Lipinski definition) is 1. The summed E-state index contributed by atoms with van der Waals surface area (Å²) in [6.45, 7) is 6.47. The molecule has 0 spiro atoms. The predicted molar refractivity (Wildman–Crippen MR) is 70.1 cm³/mol.